The topological polar surface area (TPSA) is 68.0 Å². The molecule has 1 N–H and O–H groups in total. The van der Waals surface area contributed by atoms with Gasteiger partial charge in [0.1, 0.15) is 0 Å². The second kappa shape index (κ2) is 7.16. The van der Waals surface area contributed by atoms with Crippen molar-refractivity contribution >= 4 is 61.3 Å². The zero-order valence-electron chi connectivity index (χ0n) is 13.2. The Kier molecular flexibility index (Phi) is 4.73. The minimum absolute atomic E-state index is 0.174. The van der Waals surface area contributed by atoms with Gasteiger partial charge in [0.05, 0.1) is 5.56 Å². The number of aromatic nitrogens is 2. The molecule has 0 aliphatic heterocycles. The molecule has 0 saturated carbocycles. The highest BCUT2D eigenvalue weighted by Crippen LogP contribution is 2.26. The van der Waals surface area contributed by atoms with Gasteiger partial charge in [-0.1, -0.05) is 22.0 Å². The molecule has 7 heteroatoms. The Morgan fingerprint density at radius 1 is 1.12 bits per heavy atom. The number of hydrogen-bond donors (Lipinski definition) is 1. The van der Waals surface area contributed by atoms with Gasteiger partial charge in [-0.25, -0.2) is 4.98 Å². The molecule has 0 radical (unpaired) electrons. The van der Waals surface area contributed by atoms with E-state index in [-0.39, 0.29) is 5.91 Å². The molecule has 0 aliphatic rings. The highest BCUT2D eigenvalue weighted by Gasteiger charge is 2.13. The maximum Gasteiger partial charge on any atom is 0.256 e. The predicted molar refractivity (Wildman–Crippen MR) is 112 cm³/mol. The van der Waals surface area contributed by atoms with Gasteiger partial charge in [0, 0.05) is 25.5 Å². The van der Waals surface area contributed by atoms with Crippen LogP contribution < -0.4 is 5.32 Å². The van der Waals surface area contributed by atoms with Gasteiger partial charge >= 0.3 is 0 Å². The minimum Gasteiger partial charge on any atom is -0.434 e. The monoisotopic (exact) mass is 519 g/mol. The van der Waals surface area contributed by atoms with Gasteiger partial charge in [-0.3, -0.25) is 4.79 Å². The molecule has 0 atom stereocenters. The number of fused-ring (bicyclic) bond motifs is 1. The number of pyridine rings is 1. The molecular weight excluding hydrogens is 509 g/mol. The first-order valence-corrected chi connectivity index (χ1v) is 9.56. The largest absolute Gasteiger partial charge is 0.434 e. The summed E-state index contributed by atoms with van der Waals surface area (Å²) in [6.45, 7) is 0. The fourth-order valence-corrected chi connectivity index (χ4v) is 3.43. The van der Waals surface area contributed by atoms with E-state index >= 15 is 0 Å². The lowest BCUT2D eigenvalue weighted by Gasteiger charge is -2.08. The van der Waals surface area contributed by atoms with Crippen LogP contribution >= 0.6 is 38.5 Å². The van der Waals surface area contributed by atoms with Gasteiger partial charge in [-0.2, -0.15) is 4.98 Å². The third kappa shape index (κ3) is 3.49. The van der Waals surface area contributed by atoms with Crippen molar-refractivity contribution in [2.75, 3.05) is 5.32 Å². The standard InChI is InChI=1S/C19H11BrIN3O2/c20-12-6-7-15(21)14(10-12)18(25)23-13-4-1-3-11(9-13)19-24-17-16(26-19)5-2-8-22-17/h1-10H,(H,23,25). The van der Waals surface area contributed by atoms with Crippen molar-refractivity contribution in [1.82, 2.24) is 9.97 Å². The number of nitrogens with one attached hydrogen (secondary N) is 1. The smallest absolute Gasteiger partial charge is 0.256 e. The van der Waals surface area contributed by atoms with Crippen molar-refractivity contribution in [3.05, 3.63) is 74.4 Å². The van der Waals surface area contributed by atoms with E-state index in [1.807, 2.05) is 42.5 Å². The van der Waals surface area contributed by atoms with Crippen molar-refractivity contribution in [1.29, 1.82) is 0 Å². The molecule has 2 aromatic heterocycles. The summed E-state index contributed by atoms with van der Waals surface area (Å²) < 4.78 is 7.48. The molecule has 1 amide bonds. The number of nitrogens with zero attached hydrogens (tertiary/aromatic N) is 2. The lowest BCUT2D eigenvalue weighted by Crippen LogP contribution is -2.13. The number of benzene rings is 2. The number of hydrogen-bond acceptors (Lipinski definition) is 4. The van der Waals surface area contributed by atoms with Crippen LogP contribution in [0.1, 0.15) is 10.4 Å². The molecule has 0 unspecified atom stereocenters. The molecule has 0 aliphatic carbocycles. The zero-order chi connectivity index (χ0) is 18.1. The molecule has 0 bridgehead atoms. The molecule has 4 rings (SSSR count). The Morgan fingerprint density at radius 3 is 2.85 bits per heavy atom. The van der Waals surface area contributed by atoms with Crippen LogP contribution in [0.4, 0.5) is 5.69 Å². The van der Waals surface area contributed by atoms with Gasteiger partial charge in [0.15, 0.2) is 11.2 Å². The second-order valence-corrected chi connectivity index (χ2v) is 7.58. The lowest BCUT2D eigenvalue weighted by molar-refractivity contribution is 0.102. The molecular formula is C19H11BrIN3O2. The summed E-state index contributed by atoms with van der Waals surface area (Å²) >= 11 is 5.54. The number of carbonyl (C=O) groups is 1. The van der Waals surface area contributed by atoms with E-state index < -0.39 is 0 Å². The van der Waals surface area contributed by atoms with Crippen molar-refractivity contribution in [2.45, 2.75) is 0 Å². The van der Waals surface area contributed by atoms with Crippen molar-refractivity contribution in [3.63, 3.8) is 0 Å². The Hall–Kier alpha value is -2.26. The third-order valence-electron chi connectivity index (χ3n) is 3.71. The summed E-state index contributed by atoms with van der Waals surface area (Å²) in [4.78, 5) is 21.2. The fraction of sp³-hybridized carbons (Fsp3) is 0. The van der Waals surface area contributed by atoms with E-state index in [2.05, 4.69) is 53.8 Å². The summed E-state index contributed by atoms with van der Waals surface area (Å²) in [5.74, 6) is 0.291. The van der Waals surface area contributed by atoms with E-state index in [1.165, 1.54) is 0 Å². The van der Waals surface area contributed by atoms with Crippen molar-refractivity contribution in [2.24, 2.45) is 0 Å². The summed E-state index contributed by atoms with van der Waals surface area (Å²) in [6, 6.07) is 16.6. The summed E-state index contributed by atoms with van der Waals surface area (Å²) in [5, 5.41) is 2.92. The maximum atomic E-state index is 12.6. The quantitative estimate of drug-likeness (QED) is 0.362. The number of oxazole rings is 1. The molecule has 5 nitrogen and oxygen atoms in total. The predicted octanol–water partition coefficient (Wildman–Crippen LogP) is 5.51. The van der Waals surface area contributed by atoms with E-state index in [1.54, 1.807) is 18.3 Å². The molecule has 2 aromatic carbocycles. The second-order valence-electron chi connectivity index (χ2n) is 5.50. The minimum atomic E-state index is -0.174. The summed E-state index contributed by atoms with van der Waals surface area (Å²) in [6.07, 6.45) is 1.67. The molecule has 4 aromatic rings. The van der Waals surface area contributed by atoms with Gasteiger partial charge in [-0.15, -0.1) is 0 Å². The SMILES string of the molecule is O=C(Nc1cccc(-c2nc3ncccc3o2)c1)c1cc(Br)ccc1I. The van der Waals surface area contributed by atoms with Crippen LogP contribution in [-0.2, 0) is 0 Å². The van der Waals surface area contributed by atoms with Gasteiger partial charge in [0.2, 0.25) is 5.89 Å². The highest BCUT2D eigenvalue weighted by atomic mass is 127. The molecule has 0 fully saturated rings. The van der Waals surface area contributed by atoms with E-state index in [4.69, 9.17) is 4.42 Å². The van der Waals surface area contributed by atoms with E-state index in [9.17, 15) is 4.79 Å². The van der Waals surface area contributed by atoms with Gasteiger partial charge < -0.3 is 9.73 Å². The van der Waals surface area contributed by atoms with Crippen LogP contribution in [0, 0.1) is 3.57 Å². The van der Waals surface area contributed by atoms with E-state index in [0.717, 1.165) is 13.6 Å². The van der Waals surface area contributed by atoms with Gasteiger partial charge in [0.25, 0.3) is 5.91 Å². The first-order chi connectivity index (χ1) is 12.6. The van der Waals surface area contributed by atoms with Gasteiger partial charge in [-0.05, 0) is 71.1 Å². The highest BCUT2D eigenvalue weighted by molar-refractivity contribution is 14.1. The van der Waals surface area contributed by atoms with Crippen LogP contribution in [0.25, 0.3) is 22.7 Å². The van der Waals surface area contributed by atoms with Crippen LogP contribution in [-0.4, -0.2) is 15.9 Å². The summed E-state index contributed by atoms with van der Waals surface area (Å²) in [5.41, 5.74) is 3.22. The maximum absolute atomic E-state index is 12.6. The molecule has 128 valence electrons. The average Bonchev–Trinajstić information content (AvgIpc) is 3.08. The van der Waals surface area contributed by atoms with Crippen LogP contribution in [0.2, 0.25) is 0 Å². The first kappa shape index (κ1) is 17.2. The Balaban J connectivity index is 1.63. The fourth-order valence-electron chi connectivity index (χ4n) is 2.49. The normalized spacial score (nSPS) is 10.8. The third-order valence-corrected chi connectivity index (χ3v) is 5.14. The molecule has 0 spiro atoms. The molecule has 26 heavy (non-hydrogen) atoms. The van der Waals surface area contributed by atoms with Crippen molar-refractivity contribution < 1.29 is 9.21 Å². The van der Waals surface area contributed by atoms with Crippen LogP contribution in [0.15, 0.2) is 69.7 Å². The lowest BCUT2D eigenvalue weighted by atomic mass is 10.1. The number of carbonyl (C=O) groups excluding carboxylic acids is 1. The van der Waals surface area contributed by atoms with Crippen molar-refractivity contribution in [3.8, 4) is 11.5 Å². The average molecular weight is 520 g/mol. The zero-order valence-corrected chi connectivity index (χ0v) is 17.0. The van der Waals surface area contributed by atoms with Crippen LogP contribution in [0.5, 0.6) is 0 Å². The Bertz CT molecular complexity index is 1090. The Labute approximate surface area is 171 Å². The first-order valence-electron chi connectivity index (χ1n) is 7.68. The number of rotatable bonds is 3. The Morgan fingerprint density at radius 2 is 2.00 bits per heavy atom. The summed E-state index contributed by atoms with van der Waals surface area (Å²) in [7, 11) is 0. The molecule has 0 saturated heterocycles. The number of amides is 1. The van der Waals surface area contributed by atoms with E-state index in [0.29, 0.717) is 28.4 Å². The number of halogens is 2. The molecule has 2 heterocycles. The number of anilines is 1. The van der Waals surface area contributed by atoms with Crippen LogP contribution in [0.3, 0.4) is 0 Å².